The van der Waals surface area contributed by atoms with Crippen molar-refractivity contribution in [2.24, 2.45) is 0 Å². The molecule has 0 spiro atoms. The summed E-state index contributed by atoms with van der Waals surface area (Å²) >= 11 is 0. The van der Waals surface area contributed by atoms with Gasteiger partial charge in [0.1, 0.15) is 0 Å². The van der Waals surface area contributed by atoms with Crippen molar-refractivity contribution < 1.29 is 0 Å². The van der Waals surface area contributed by atoms with Crippen LogP contribution in [0.1, 0.15) is 28.4 Å². The monoisotopic (exact) mass is 894 g/mol. The second kappa shape index (κ2) is 17.4. The lowest BCUT2D eigenvalue weighted by molar-refractivity contribution is 0.869. The van der Waals surface area contributed by atoms with Crippen LogP contribution in [0, 0.1) is 0 Å². The molecule has 1 aromatic heterocycles. The molecule has 0 bridgehead atoms. The molecule has 13 rings (SSSR count). The molecule has 0 saturated heterocycles. The van der Waals surface area contributed by atoms with Crippen molar-refractivity contribution in [1.82, 2.24) is 4.98 Å². The molecule has 2 heterocycles. The zero-order valence-electron chi connectivity index (χ0n) is 38.3. The molecule has 0 fully saturated rings. The van der Waals surface area contributed by atoms with Gasteiger partial charge in [-0.2, -0.15) is 0 Å². The van der Waals surface area contributed by atoms with E-state index in [2.05, 4.69) is 282 Å². The SMILES string of the molecule is C1=Cc2ccc(-c3ccc(-c4ccc(N(c5ccc(N(c6ccccc6)c6ccccc6)cc5)c5ccc6ccccc6c5)cc4)c4ccccc34)nc2C2Nc3ccccc3C(c3ccccc3)=C12. The van der Waals surface area contributed by atoms with Crippen LogP contribution < -0.4 is 15.1 Å². The number of hydrogen-bond acceptors (Lipinski definition) is 4. The zero-order chi connectivity index (χ0) is 46.4. The van der Waals surface area contributed by atoms with Gasteiger partial charge in [-0.05, 0) is 140 Å². The first-order valence-corrected chi connectivity index (χ1v) is 24.0. The molecule has 4 heteroatoms. The van der Waals surface area contributed by atoms with Crippen LogP contribution in [0.3, 0.4) is 0 Å². The van der Waals surface area contributed by atoms with E-state index < -0.39 is 0 Å². The second-order valence-electron chi connectivity index (χ2n) is 18.0. The first-order chi connectivity index (χ1) is 34.7. The van der Waals surface area contributed by atoms with Crippen molar-refractivity contribution in [2.45, 2.75) is 6.04 Å². The van der Waals surface area contributed by atoms with Crippen LogP contribution in [-0.4, -0.2) is 4.98 Å². The summed E-state index contributed by atoms with van der Waals surface area (Å²) in [6.07, 6.45) is 4.50. The normalized spacial score (nSPS) is 13.6. The number of benzene rings is 10. The Morgan fingerprint density at radius 3 is 1.59 bits per heavy atom. The van der Waals surface area contributed by atoms with Crippen molar-refractivity contribution in [2.75, 3.05) is 15.1 Å². The van der Waals surface area contributed by atoms with Gasteiger partial charge in [0.15, 0.2) is 0 Å². The molecule has 0 radical (unpaired) electrons. The number of nitrogens with zero attached hydrogens (tertiary/aromatic N) is 3. The summed E-state index contributed by atoms with van der Waals surface area (Å²) < 4.78 is 0. The Kier molecular flexibility index (Phi) is 10.2. The van der Waals surface area contributed by atoms with Gasteiger partial charge in [-0.25, -0.2) is 4.98 Å². The predicted octanol–water partition coefficient (Wildman–Crippen LogP) is 17.7. The van der Waals surface area contributed by atoms with Gasteiger partial charge >= 0.3 is 0 Å². The molecule has 0 saturated carbocycles. The fourth-order valence-corrected chi connectivity index (χ4v) is 10.5. The number of anilines is 7. The van der Waals surface area contributed by atoms with E-state index >= 15 is 0 Å². The number of rotatable bonds is 9. The van der Waals surface area contributed by atoms with Gasteiger partial charge in [-0.15, -0.1) is 0 Å². The van der Waals surface area contributed by atoms with E-state index in [0.717, 1.165) is 67.9 Å². The van der Waals surface area contributed by atoms with Gasteiger partial charge in [0, 0.05) is 50.9 Å². The van der Waals surface area contributed by atoms with Crippen LogP contribution in [0.5, 0.6) is 0 Å². The van der Waals surface area contributed by atoms with Crippen LogP contribution >= 0.6 is 0 Å². The van der Waals surface area contributed by atoms with Crippen LogP contribution in [0.4, 0.5) is 39.8 Å². The highest BCUT2D eigenvalue weighted by Crippen LogP contribution is 2.48. The van der Waals surface area contributed by atoms with E-state index in [4.69, 9.17) is 4.98 Å². The summed E-state index contributed by atoms with van der Waals surface area (Å²) in [5.41, 5.74) is 19.1. The lowest BCUT2D eigenvalue weighted by Crippen LogP contribution is -2.23. The van der Waals surface area contributed by atoms with Crippen LogP contribution in [0.15, 0.2) is 266 Å². The molecule has 1 aliphatic heterocycles. The number of pyridine rings is 1. The first kappa shape index (κ1) is 41.0. The summed E-state index contributed by atoms with van der Waals surface area (Å²) in [5.74, 6) is 0. The van der Waals surface area contributed by atoms with Gasteiger partial charge in [0.05, 0.1) is 17.4 Å². The lowest BCUT2D eigenvalue weighted by Gasteiger charge is -2.34. The van der Waals surface area contributed by atoms with Crippen molar-refractivity contribution in [3.8, 4) is 22.4 Å². The van der Waals surface area contributed by atoms with E-state index in [1.54, 1.807) is 0 Å². The standard InChI is InChI=1S/C66H46N4/c1-4-17-47(18-5-1)64-60-26-14-15-27-62(60)68-66-61(64)40-31-48-32-43-63(67-65(48)66)59-42-41-56(57-24-12-13-25-58(57)59)46-29-33-52(34-30-46)70(55-35-28-45-16-10-11-19-49(45)44-55)54-38-36-53(37-39-54)69(50-20-6-2-7-21-50)51-22-8-3-9-23-51/h1-44,66,68H. The Balaban J connectivity index is 0.864. The zero-order valence-corrected chi connectivity index (χ0v) is 38.3. The maximum absolute atomic E-state index is 5.52. The van der Waals surface area contributed by atoms with E-state index in [1.165, 1.54) is 49.4 Å². The predicted molar refractivity (Wildman–Crippen MR) is 294 cm³/mol. The Hall–Kier alpha value is -9.25. The Morgan fingerprint density at radius 2 is 0.886 bits per heavy atom. The molecule has 1 aliphatic carbocycles. The molecule has 330 valence electrons. The number of nitrogens with one attached hydrogen (secondary N) is 1. The Labute approximate surface area is 408 Å². The molecule has 10 aromatic carbocycles. The van der Waals surface area contributed by atoms with E-state index in [9.17, 15) is 0 Å². The average Bonchev–Trinajstić information content (AvgIpc) is 3.43. The molecule has 70 heavy (non-hydrogen) atoms. The lowest BCUT2D eigenvalue weighted by atomic mass is 9.81. The summed E-state index contributed by atoms with van der Waals surface area (Å²) in [6, 6.07) is 91.4. The van der Waals surface area contributed by atoms with Crippen LogP contribution in [0.2, 0.25) is 0 Å². The summed E-state index contributed by atoms with van der Waals surface area (Å²) in [7, 11) is 0. The van der Waals surface area contributed by atoms with Gasteiger partial charge in [-0.3, -0.25) is 0 Å². The van der Waals surface area contributed by atoms with Gasteiger partial charge < -0.3 is 15.1 Å². The number of para-hydroxylation sites is 3. The fourth-order valence-electron chi connectivity index (χ4n) is 10.5. The Morgan fingerprint density at radius 1 is 0.357 bits per heavy atom. The third-order valence-corrected chi connectivity index (χ3v) is 13.9. The maximum Gasteiger partial charge on any atom is 0.0952 e. The van der Waals surface area contributed by atoms with Gasteiger partial charge in [-0.1, -0.05) is 182 Å². The quantitative estimate of drug-likeness (QED) is 0.156. The highest BCUT2D eigenvalue weighted by Gasteiger charge is 2.32. The molecule has 1 atom stereocenters. The van der Waals surface area contributed by atoms with Crippen LogP contribution in [-0.2, 0) is 0 Å². The minimum absolute atomic E-state index is 0.0838. The molecule has 4 nitrogen and oxygen atoms in total. The minimum atomic E-state index is -0.0838. The topological polar surface area (TPSA) is 31.4 Å². The molecule has 1 N–H and O–H groups in total. The van der Waals surface area contributed by atoms with Crippen molar-refractivity contribution in [3.63, 3.8) is 0 Å². The van der Waals surface area contributed by atoms with E-state index in [0.29, 0.717) is 0 Å². The minimum Gasteiger partial charge on any atom is -0.372 e. The smallest absolute Gasteiger partial charge is 0.0952 e. The van der Waals surface area contributed by atoms with Gasteiger partial charge in [0.2, 0.25) is 0 Å². The van der Waals surface area contributed by atoms with E-state index in [1.807, 2.05) is 0 Å². The van der Waals surface area contributed by atoms with Gasteiger partial charge in [0.25, 0.3) is 0 Å². The van der Waals surface area contributed by atoms with Crippen molar-refractivity contribution in [3.05, 3.63) is 289 Å². The molecule has 0 amide bonds. The number of fused-ring (bicyclic) bond motifs is 6. The van der Waals surface area contributed by atoms with Crippen molar-refractivity contribution >= 4 is 73.0 Å². The van der Waals surface area contributed by atoms with Crippen LogP contribution in [0.25, 0.3) is 55.6 Å². The summed E-state index contributed by atoms with van der Waals surface area (Å²) in [4.78, 5) is 10.2. The highest BCUT2D eigenvalue weighted by molar-refractivity contribution is 6.05. The number of aromatic nitrogens is 1. The molecule has 11 aromatic rings. The summed E-state index contributed by atoms with van der Waals surface area (Å²) in [5, 5.41) is 8.65. The Bertz CT molecular complexity index is 3750. The highest BCUT2D eigenvalue weighted by atomic mass is 15.2. The first-order valence-electron chi connectivity index (χ1n) is 24.0. The second-order valence-corrected chi connectivity index (χ2v) is 18.0. The average molecular weight is 895 g/mol. The molecular formula is C66H46N4. The number of hydrogen-bond donors (Lipinski definition) is 1. The molecule has 2 aliphatic rings. The summed E-state index contributed by atoms with van der Waals surface area (Å²) in [6.45, 7) is 0. The third-order valence-electron chi connectivity index (χ3n) is 13.9. The molecule has 1 unspecified atom stereocenters. The maximum atomic E-state index is 5.52. The molecular weight excluding hydrogens is 849 g/mol. The largest absolute Gasteiger partial charge is 0.372 e. The fraction of sp³-hybridized carbons (Fsp3) is 0.0152. The third kappa shape index (κ3) is 7.31. The van der Waals surface area contributed by atoms with Crippen molar-refractivity contribution in [1.29, 1.82) is 0 Å². The van der Waals surface area contributed by atoms with E-state index in [-0.39, 0.29) is 6.04 Å².